The van der Waals surface area contributed by atoms with Gasteiger partial charge in [-0.15, -0.1) is 0 Å². The number of carbonyl (C=O) groups is 1. The number of aliphatic hydroxyl groups is 1. The van der Waals surface area contributed by atoms with Crippen molar-refractivity contribution in [2.45, 2.75) is 19.1 Å². The van der Waals surface area contributed by atoms with Gasteiger partial charge in [-0.25, -0.2) is 4.68 Å². The minimum absolute atomic E-state index is 0.231. The molecule has 1 N–H and O–H groups in total. The second-order valence-electron chi connectivity index (χ2n) is 5.11. The van der Waals surface area contributed by atoms with Gasteiger partial charge in [-0.2, -0.15) is 16.9 Å². The lowest BCUT2D eigenvalue weighted by molar-refractivity contribution is -0.139. The molecule has 1 aromatic carbocycles. The summed E-state index contributed by atoms with van der Waals surface area (Å²) in [7, 11) is 1.71. The molecule has 0 aliphatic heterocycles. The van der Waals surface area contributed by atoms with Gasteiger partial charge >= 0.3 is 0 Å². The summed E-state index contributed by atoms with van der Waals surface area (Å²) in [5.74, 6) is 0.546. The number of hydrogen-bond donors (Lipinski definition) is 1. The van der Waals surface area contributed by atoms with Crippen molar-refractivity contribution in [1.82, 2.24) is 14.7 Å². The molecule has 6 heteroatoms. The summed E-state index contributed by atoms with van der Waals surface area (Å²) < 4.78 is 1.78. The Morgan fingerprint density at radius 1 is 1.41 bits per heavy atom. The molecule has 0 bridgehead atoms. The molecule has 22 heavy (non-hydrogen) atoms. The van der Waals surface area contributed by atoms with E-state index in [2.05, 4.69) is 5.10 Å². The highest BCUT2D eigenvalue weighted by Crippen LogP contribution is 2.11. The molecule has 1 aromatic heterocycles. The Morgan fingerprint density at radius 3 is 2.73 bits per heavy atom. The molecule has 1 heterocycles. The molecular weight excluding hydrogens is 298 g/mol. The molecule has 0 fully saturated rings. The van der Waals surface area contributed by atoms with Crippen LogP contribution in [0, 0.1) is 0 Å². The Morgan fingerprint density at radius 2 is 2.14 bits per heavy atom. The first-order valence-corrected chi connectivity index (χ1v) is 8.52. The van der Waals surface area contributed by atoms with E-state index in [1.807, 2.05) is 42.8 Å². The number of rotatable bonds is 7. The largest absolute Gasteiger partial charge is 0.383 e. The van der Waals surface area contributed by atoms with Gasteiger partial charge in [0, 0.05) is 26.0 Å². The third-order valence-electron chi connectivity index (χ3n) is 3.38. The third kappa shape index (κ3) is 4.35. The predicted molar refractivity (Wildman–Crippen MR) is 89.0 cm³/mol. The summed E-state index contributed by atoms with van der Waals surface area (Å²) in [6.45, 7) is 0.481. The van der Waals surface area contributed by atoms with E-state index < -0.39 is 6.10 Å². The van der Waals surface area contributed by atoms with E-state index in [4.69, 9.17) is 0 Å². The van der Waals surface area contributed by atoms with Crippen molar-refractivity contribution in [1.29, 1.82) is 0 Å². The number of benzene rings is 1. The van der Waals surface area contributed by atoms with Crippen LogP contribution in [0.4, 0.5) is 0 Å². The van der Waals surface area contributed by atoms with Crippen LogP contribution in [-0.4, -0.2) is 50.9 Å². The van der Waals surface area contributed by atoms with Gasteiger partial charge in [0.05, 0.1) is 5.69 Å². The first-order valence-electron chi connectivity index (χ1n) is 7.12. The zero-order chi connectivity index (χ0) is 15.9. The summed E-state index contributed by atoms with van der Waals surface area (Å²) in [5, 5.41) is 14.0. The smallest absolute Gasteiger partial charge is 0.251 e. The van der Waals surface area contributed by atoms with Crippen LogP contribution in [0.3, 0.4) is 0 Å². The van der Waals surface area contributed by atoms with Crippen LogP contribution in [-0.2, 0) is 11.3 Å². The molecule has 0 radical (unpaired) electrons. The monoisotopic (exact) mass is 319 g/mol. The molecule has 118 valence electrons. The molecule has 1 atom stereocenters. The zero-order valence-corrected chi connectivity index (χ0v) is 13.7. The molecule has 0 unspecified atom stereocenters. The minimum Gasteiger partial charge on any atom is -0.383 e. The summed E-state index contributed by atoms with van der Waals surface area (Å²) in [6, 6.07) is 9.73. The van der Waals surface area contributed by atoms with Crippen LogP contribution < -0.4 is 0 Å². The average molecular weight is 319 g/mol. The van der Waals surface area contributed by atoms with E-state index in [-0.39, 0.29) is 5.91 Å². The highest BCUT2D eigenvalue weighted by Gasteiger charge is 2.18. The molecule has 5 nitrogen and oxygen atoms in total. The van der Waals surface area contributed by atoms with Gasteiger partial charge in [-0.05, 0) is 42.2 Å². The van der Waals surface area contributed by atoms with Crippen LogP contribution in [0.25, 0.3) is 5.69 Å². The molecule has 0 spiro atoms. The number of aliphatic hydroxyl groups excluding tert-OH is 1. The molecule has 2 rings (SSSR count). The summed E-state index contributed by atoms with van der Waals surface area (Å²) in [5.41, 5.74) is 1.99. The first kappa shape index (κ1) is 16.6. The average Bonchev–Trinajstić information content (AvgIpc) is 3.07. The van der Waals surface area contributed by atoms with Gasteiger partial charge in [0.1, 0.15) is 6.10 Å². The Labute approximate surface area is 134 Å². The molecule has 0 aliphatic carbocycles. The second kappa shape index (κ2) is 8.00. The number of nitrogens with zero attached hydrogens (tertiary/aromatic N) is 3. The van der Waals surface area contributed by atoms with Gasteiger partial charge in [0.2, 0.25) is 0 Å². The fraction of sp³-hybridized carbons (Fsp3) is 0.375. The molecule has 0 saturated carbocycles. The fourth-order valence-electron chi connectivity index (χ4n) is 2.13. The Bertz CT molecular complexity index is 584. The van der Waals surface area contributed by atoms with Crippen LogP contribution in [0.1, 0.15) is 12.0 Å². The number of amides is 1. The Hall–Kier alpha value is -1.79. The lowest BCUT2D eigenvalue weighted by Gasteiger charge is -2.20. The number of aromatic nitrogens is 2. The summed E-state index contributed by atoms with van der Waals surface area (Å²) >= 11 is 1.62. The zero-order valence-electron chi connectivity index (χ0n) is 12.8. The quantitative estimate of drug-likeness (QED) is 0.847. The van der Waals surface area contributed by atoms with Crippen molar-refractivity contribution in [2.24, 2.45) is 0 Å². The van der Waals surface area contributed by atoms with E-state index in [0.29, 0.717) is 13.0 Å². The van der Waals surface area contributed by atoms with Crippen LogP contribution >= 0.6 is 11.8 Å². The molecule has 0 saturated heterocycles. The maximum absolute atomic E-state index is 12.1. The molecular formula is C16H21N3O2S. The van der Waals surface area contributed by atoms with E-state index in [9.17, 15) is 9.90 Å². The van der Waals surface area contributed by atoms with E-state index in [1.54, 1.807) is 34.6 Å². The normalized spacial score (nSPS) is 12.1. The lowest BCUT2D eigenvalue weighted by Crippen LogP contribution is -2.36. The van der Waals surface area contributed by atoms with E-state index in [1.165, 1.54) is 0 Å². The lowest BCUT2D eigenvalue weighted by atomic mass is 10.1. The van der Waals surface area contributed by atoms with Gasteiger partial charge in [-0.3, -0.25) is 4.79 Å². The predicted octanol–water partition coefficient (Wildman–Crippen LogP) is 1.94. The van der Waals surface area contributed by atoms with Gasteiger partial charge in [0.25, 0.3) is 5.91 Å². The topological polar surface area (TPSA) is 58.4 Å². The molecule has 2 aromatic rings. The highest BCUT2D eigenvalue weighted by molar-refractivity contribution is 7.98. The van der Waals surface area contributed by atoms with Crippen molar-refractivity contribution in [3.63, 3.8) is 0 Å². The summed E-state index contributed by atoms with van der Waals surface area (Å²) in [4.78, 5) is 13.6. The van der Waals surface area contributed by atoms with Crippen molar-refractivity contribution < 1.29 is 9.90 Å². The first-order chi connectivity index (χ1) is 10.6. The SMILES string of the molecule is CSCC[C@H](O)C(=O)N(C)Cc1ccc(-n2cccn2)cc1. The number of carbonyl (C=O) groups excluding carboxylic acids is 1. The van der Waals surface area contributed by atoms with Crippen molar-refractivity contribution in [3.05, 3.63) is 48.3 Å². The second-order valence-corrected chi connectivity index (χ2v) is 6.09. The Kier molecular flexibility index (Phi) is 6.03. The Balaban J connectivity index is 1.94. The van der Waals surface area contributed by atoms with Gasteiger partial charge in [0.15, 0.2) is 0 Å². The summed E-state index contributed by atoms with van der Waals surface area (Å²) in [6.07, 6.45) is 5.15. The van der Waals surface area contributed by atoms with Crippen LogP contribution in [0.5, 0.6) is 0 Å². The number of hydrogen-bond acceptors (Lipinski definition) is 4. The van der Waals surface area contributed by atoms with Crippen LogP contribution in [0.15, 0.2) is 42.7 Å². The van der Waals surface area contributed by atoms with Crippen molar-refractivity contribution in [2.75, 3.05) is 19.1 Å². The minimum atomic E-state index is -0.916. The maximum Gasteiger partial charge on any atom is 0.251 e. The highest BCUT2D eigenvalue weighted by atomic mass is 32.2. The van der Waals surface area contributed by atoms with Crippen molar-refractivity contribution in [3.8, 4) is 5.69 Å². The number of thioether (sulfide) groups is 1. The maximum atomic E-state index is 12.1. The number of likely N-dealkylation sites (N-methyl/N-ethyl adjacent to an activating group) is 1. The van der Waals surface area contributed by atoms with Crippen LogP contribution in [0.2, 0.25) is 0 Å². The van der Waals surface area contributed by atoms with Gasteiger partial charge in [-0.1, -0.05) is 12.1 Å². The van der Waals surface area contributed by atoms with Gasteiger partial charge < -0.3 is 10.0 Å². The molecule has 0 aliphatic rings. The third-order valence-corrected chi connectivity index (χ3v) is 4.03. The fourth-order valence-corrected chi connectivity index (χ4v) is 2.59. The van der Waals surface area contributed by atoms with E-state index in [0.717, 1.165) is 17.0 Å². The standard InChI is InChI=1S/C16H21N3O2S/c1-18(16(21)15(20)8-11-22-2)12-13-4-6-14(7-5-13)19-10-3-9-17-19/h3-7,9-10,15,20H,8,11-12H2,1-2H3/t15-/m0/s1. The van der Waals surface area contributed by atoms with E-state index >= 15 is 0 Å². The molecule has 1 amide bonds. The van der Waals surface area contributed by atoms with Crippen molar-refractivity contribution >= 4 is 17.7 Å².